The van der Waals surface area contributed by atoms with Gasteiger partial charge in [-0.1, -0.05) is 18.2 Å². The molecule has 2 heterocycles. The fourth-order valence-corrected chi connectivity index (χ4v) is 4.33. The van der Waals surface area contributed by atoms with Gasteiger partial charge >= 0.3 is 12.1 Å². The van der Waals surface area contributed by atoms with Crippen LogP contribution in [0.15, 0.2) is 30.3 Å². The molecule has 0 aromatic heterocycles. The Morgan fingerprint density at radius 1 is 1.10 bits per heavy atom. The SMILES string of the molecule is CC(C)(C)OC(=O)N1CCN(C[C@H]2CCCN(OC(=O)c3ccccc3)C2)C(C)(C)C1. The summed E-state index contributed by atoms with van der Waals surface area (Å²) in [6.07, 6.45) is 1.88. The van der Waals surface area contributed by atoms with Crippen LogP contribution in [0.4, 0.5) is 4.79 Å². The van der Waals surface area contributed by atoms with Gasteiger partial charge < -0.3 is 14.5 Å². The fraction of sp³-hybridized carbons (Fsp3) is 0.667. The fourth-order valence-electron chi connectivity index (χ4n) is 4.33. The lowest BCUT2D eigenvalue weighted by molar-refractivity contribution is -0.135. The zero-order chi connectivity index (χ0) is 22.6. The third-order valence-electron chi connectivity index (χ3n) is 5.91. The summed E-state index contributed by atoms with van der Waals surface area (Å²) < 4.78 is 5.56. The molecule has 0 radical (unpaired) electrons. The number of benzene rings is 1. The predicted octanol–water partition coefficient (Wildman–Crippen LogP) is 3.80. The van der Waals surface area contributed by atoms with Crippen LogP contribution in [-0.4, -0.2) is 77.3 Å². The second kappa shape index (κ2) is 9.57. The molecule has 7 nitrogen and oxygen atoms in total. The van der Waals surface area contributed by atoms with E-state index in [0.29, 0.717) is 24.6 Å². The summed E-state index contributed by atoms with van der Waals surface area (Å²) in [6, 6.07) is 9.12. The zero-order valence-electron chi connectivity index (χ0n) is 19.6. The van der Waals surface area contributed by atoms with Crippen LogP contribution in [0, 0.1) is 5.92 Å². The first kappa shape index (κ1) is 23.5. The van der Waals surface area contributed by atoms with Crippen LogP contribution in [-0.2, 0) is 9.57 Å². The maximum Gasteiger partial charge on any atom is 0.410 e. The van der Waals surface area contributed by atoms with Gasteiger partial charge in [0.2, 0.25) is 0 Å². The highest BCUT2D eigenvalue weighted by atomic mass is 16.7. The minimum atomic E-state index is -0.485. The molecule has 2 fully saturated rings. The molecule has 0 spiro atoms. The number of ether oxygens (including phenoxy) is 1. The van der Waals surface area contributed by atoms with Gasteiger partial charge in [-0.25, -0.2) is 9.59 Å². The Bertz CT molecular complexity index is 760. The van der Waals surface area contributed by atoms with Crippen LogP contribution in [0.1, 0.15) is 57.8 Å². The van der Waals surface area contributed by atoms with E-state index < -0.39 is 5.60 Å². The van der Waals surface area contributed by atoms with Crippen LogP contribution in [0.25, 0.3) is 0 Å². The van der Waals surface area contributed by atoms with E-state index in [4.69, 9.17) is 9.57 Å². The van der Waals surface area contributed by atoms with Gasteiger partial charge in [0.1, 0.15) is 5.60 Å². The maximum absolute atomic E-state index is 12.5. The van der Waals surface area contributed by atoms with Gasteiger partial charge in [-0.05, 0) is 65.5 Å². The van der Waals surface area contributed by atoms with Crippen molar-refractivity contribution >= 4 is 12.1 Å². The maximum atomic E-state index is 12.5. The van der Waals surface area contributed by atoms with Crippen molar-refractivity contribution in [1.29, 1.82) is 0 Å². The molecule has 0 unspecified atom stereocenters. The Morgan fingerprint density at radius 2 is 1.81 bits per heavy atom. The Kier molecular flexibility index (Phi) is 7.27. The summed E-state index contributed by atoms with van der Waals surface area (Å²) in [5, 5.41) is 1.81. The minimum absolute atomic E-state index is 0.141. The van der Waals surface area contributed by atoms with Crippen LogP contribution in [0.2, 0.25) is 0 Å². The number of piperazine rings is 1. The second-order valence-corrected chi connectivity index (χ2v) is 10.3. The van der Waals surface area contributed by atoms with Crippen LogP contribution < -0.4 is 0 Å². The number of hydroxylamine groups is 2. The number of rotatable bonds is 4. The lowest BCUT2D eigenvalue weighted by Crippen LogP contribution is -2.62. The Hall–Kier alpha value is -2.12. The number of amides is 1. The molecule has 0 aliphatic carbocycles. The van der Waals surface area contributed by atoms with E-state index in [9.17, 15) is 9.59 Å². The van der Waals surface area contributed by atoms with Gasteiger partial charge in [0.05, 0.1) is 5.56 Å². The molecule has 3 rings (SSSR count). The highest BCUT2D eigenvalue weighted by Crippen LogP contribution is 2.27. The summed E-state index contributed by atoms with van der Waals surface area (Å²) >= 11 is 0. The number of piperidine rings is 1. The predicted molar refractivity (Wildman–Crippen MR) is 120 cm³/mol. The first-order valence-electron chi connectivity index (χ1n) is 11.3. The molecule has 0 saturated carbocycles. The van der Waals surface area contributed by atoms with Crippen LogP contribution in [0.5, 0.6) is 0 Å². The average molecular weight is 432 g/mol. The van der Waals surface area contributed by atoms with Crippen molar-refractivity contribution in [1.82, 2.24) is 14.9 Å². The topological polar surface area (TPSA) is 62.3 Å². The van der Waals surface area contributed by atoms with Crippen molar-refractivity contribution in [3.8, 4) is 0 Å². The highest BCUT2D eigenvalue weighted by Gasteiger charge is 2.38. The Morgan fingerprint density at radius 3 is 2.45 bits per heavy atom. The number of carbonyl (C=O) groups is 2. The standard InChI is InChI=1S/C24H37N3O4/c1-23(2,3)30-22(29)25-14-15-26(24(4,5)18-25)16-19-10-9-13-27(17-19)31-21(28)20-11-7-6-8-12-20/h6-8,11-12,19H,9-10,13-18H2,1-5H3/t19-/m1/s1. The highest BCUT2D eigenvalue weighted by molar-refractivity contribution is 5.89. The van der Waals surface area contributed by atoms with E-state index in [1.165, 1.54) is 0 Å². The quantitative estimate of drug-likeness (QED) is 0.723. The molecule has 1 aromatic rings. The smallest absolute Gasteiger partial charge is 0.410 e. The number of nitrogens with zero attached hydrogens (tertiary/aromatic N) is 3. The molecule has 0 N–H and O–H groups in total. The molecule has 7 heteroatoms. The molecule has 2 saturated heterocycles. The first-order valence-corrected chi connectivity index (χ1v) is 11.3. The minimum Gasteiger partial charge on any atom is -0.444 e. The molecule has 1 amide bonds. The first-order chi connectivity index (χ1) is 14.5. The molecule has 31 heavy (non-hydrogen) atoms. The number of hydrogen-bond donors (Lipinski definition) is 0. The lowest BCUT2D eigenvalue weighted by atomic mass is 9.93. The van der Waals surface area contributed by atoms with Gasteiger partial charge in [-0.15, -0.1) is 5.06 Å². The summed E-state index contributed by atoms with van der Waals surface area (Å²) in [5.41, 5.74) is -0.0526. The third kappa shape index (κ3) is 6.68. The van der Waals surface area contributed by atoms with Crippen molar-refractivity contribution in [2.24, 2.45) is 5.92 Å². The zero-order valence-corrected chi connectivity index (χ0v) is 19.6. The van der Waals surface area contributed by atoms with Gasteiger partial charge in [0.15, 0.2) is 0 Å². The van der Waals surface area contributed by atoms with E-state index in [-0.39, 0.29) is 17.6 Å². The molecule has 2 aliphatic rings. The molecule has 0 bridgehead atoms. The van der Waals surface area contributed by atoms with Gasteiger partial charge in [0, 0.05) is 44.8 Å². The number of hydrogen-bond acceptors (Lipinski definition) is 6. The largest absolute Gasteiger partial charge is 0.444 e. The van der Waals surface area contributed by atoms with E-state index in [2.05, 4.69) is 18.7 Å². The second-order valence-electron chi connectivity index (χ2n) is 10.3. The summed E-state index contributed by atoms with van der Waals surface area (Å²) in [5.74, 6) is 0.122. The van der Waals surface area contributed by atoms with Crippen LogP contribution >= 0.6 is 0 Å². The van der Waals surface area contributed by atoms with Crippen molar-refractivity contribution < 1.29 is 19.2 Å². The van der Waals surface area contributed by atoms with E-state index in [0.717, 1.165) is 39.0 Å². The van der Waals surface area contributed by atoms with E-state index in [1.807, 2.05) is 48.9 Å². The van der Waals surface area contributed by atoms with Crippen molar-refractivity contribution in [3.05, 3.63) is 35.9 Å². The van der Waals surface area contributed by atoms with Gasteiger partial charge in [-0.2, -0.15) is 0 Å². The Labute approximate surface area is 186 Å². The average Bonchev–Trinajstić information content (AvgIpc) is 2.69. The van der Waals surface area contributed by atoms with Gasteiger partial charge in [-0.3, -0.25) is 4.90 Å². The molecule has 1 atom stereocenters. The molecule has 2 aliphatic heterocycles. The normalized spacial score (nSPS) is 22.7. The third-order valence-corrected chi connectivity index (χ3v) is 5.91. The van der Waals surface area contributed by atoms with Gasteiger partial charge in [0.25, 0.3) is 0 Å². The number of carbonyl (C=O) groups excluding carboxylic acids is 2. The van der Waals surface area contributed by atoms with Crippen molar-refractivity contribution in [3.63, 3.8) is 0 Å². The van der Waals surface area contributed by atoms with Crippen molar-refractivity contribution in [2.75, 3.05) is 39.3 Å². The Balaban J connectivity index is 1.52. The molecular weight excluding hydrogens is 394 g/mol. The summed E-state index contributed by atoms with van der Waals surface area (Å²) in [7, 11) is 0. The van der Waals surface area contributed by atoms with Crippen LogP contribution in [0.3, 0.4) is 0 Å². The molecular formula is C24H37N3O4. The molecule has 172 valence electrons. The summed E-state index contributed by atoms with van der Waals surface area (Å²) in [4.78, 5) is 34.8. The van der Waals surface area contributed by atoms with Crippen molar-refractivity contribution in [2.45, 2.75) is 58.6 Å². The summed E-state index contributed by atoms with van der Waals surface area (Å²) in [6.45, 7) is 14.6. The lowest BCUT2D eigenvalue weighted by Gasteiger charge is -2.48. The molecule has 1 aromatic carbocycles. The van der Waals surface area contributed by atoms with E-state index >= 15 is 0 Å². The monoisotopic (exact) mass is 431 g/mol. The van der Waals surface area contributed by atoms with E-state index in [1.54, 1.807) is 12.1 Å².